The number of rotatable bonds is 5. The number of aromatic nitrogens is 3. The Labute approximate surface area is 153 Å². The van der Waals surface area contributed by atoms with Crippen molar-refractivity contribution < 1.29 is 4.42 Å². The highest BCUT2D eigenvalue weighted by atomic mass is 32.2. The van der Waals surface area contributed by atoms with Crippen molar-refractivity contribution in [3.8, 4) is 0 Å². The van der Waals surface area contributed by atoms with Crippen LogP contribution in [-0.4, -0.2) is 15.2 Å². The lowest BCUT2D eigenvalue weighted by atomic mass is 10.1. The smallest absolute Gasteiger partial charge is 0.210 e. The van der Waals surface area contributed by atoms with Gasteiger partial charge in [0.05, 0.1) is 5.75 Å². The molecule has 0 saturated carbocycles. The van der Waals surface area contributed by atoms with E-state index in [0.29, 0.717) is 11.6 Å². The van der Waals surface area contributed by atoms with Crippen molar-refractivity contribution in [3.63, 3.8) is 0 Å². The SMILES string of the molecule is Cc1ccc(Nc2nnc(SCc3nc4ccccc4o3)s2)cc1C. The van der Waals surface area contributed by atoms with E-state index in [1.165, 1.54) is 22.5 Å². The summed E-state index contributed by atoms with van der Waals surface area (Å²) in [6.07, 6.45) is 0. The fraction of sp³-hybridized carbons (Fsp3) is 0.167. The maximum atomic E-state index is 5.73. The monoisotopic (exact) mass is 368 g/mol. The number of nitrogens with one attached hydrogen (secondary N) is 1. The van der Waals surface area contributed by atoms with Crippen LogP contribution < -0.4 is 5.32 Å². The molecule has 0 aliphatic rings. The van der Waals surface area contributed by atoms with Gasteiger partial charge in [-0.1, -0.05) is 41.3 Å². The van der Waals surface area contributed by atoms with E-state index in [4.69, 9.17) is 4.42 Å². The van der Waals surface area contributed by atoms with Crippen molar-refractivity contribution in [1.29, 1.82) is 0 Å². The summed E-state index contributed by atoms with van der Waals surface area (Å²) in [6.45, 7) is 4.20. The Morgan fingerprint density at radius 1 is 1.08 bits per heavy atom. The lowest BCUT2D eigenvalue weighted by Gasteiger charge is -2.05. The minimum absolute atomic E-state index is 0.632. The molecular weight excluding hydrogens is 352 g/mol. The average molecular weight is 368 g/mol. The van der Waals surface area contributed by atoms with Crippen molar-refractivity contribution in [2.75, 3.05) is 5.32 Å². The molecule has 1 N–H and O–H groups in total. The highest BCUT2D eigenvalue weighted by Crippen LogP contribution is 2.30. The summed E-state index contributed by atoms with van der Waals surface area (Å²) < 4.78 is 6.61. The molecule has 0 aliphatic carbocycles. The van der Waals surface area contributed by atoms with Crippen molar-refractivity contribution in [3.05, 3.63) is 59.5 Å². The second-order valence-electron chi connectivity index (χ2n) is 5.66. The van der Waals surface area contributed by atoms with Gasteiger partial charge in [0.25, 0.3) is 0 Å². The predicted molar refractivity (Wildman–Crippen MR) is 103 cm³/mol. The molecule has 0 spiro atoms. The summed E-state index contributed by atoms with van der Waals surface area (Å²) in [5.41, 5.74) is 5.24. The minimum Gasteiger partial charge on any atom is -0.440 e. The summed E-state index contributed by atoms with van der Waals surface area (Å²) in [5, 5.41) is 12.5. The van der Waals surface area contributed by atoms with Crippen molar-refractivity contribution >= 4 is 45.0 Å². The molecule has 4 aromatic rings. The fourth-order valence-electron chi connectivity index (χ4n) is 2.37. The normalized spacial score (nSPS) is 11.1. The molecule has 0 unspecified atom stereocenters. The van der Waals surface area contributed by atoms with Crippen molar-refractivity contribution in [2.45, 2.75) is 23.9 Å². The molecule has 2 aromatic carbocycles. The van der Waals surface area contributed by atoms with Gasteiger partial charge in [-0.05, 0) is 49.2 Å². The van der Waals surface area contributed by atoms with Crippen LogP contribution >= 0.6 is 23.1 Å². The zero-order valence-corrected chi connectivity index (χ0v) is 15.4. The molecule has 0 fully saturated rings. The summed E-state index contributed by atoms with van der Waals surface area (Å²) in [7, 11) is 0. The molecule has 5 nitrogen and oxygen atoms in total. The van der Waals surface area contributed by atoms with Gasteiger partial charge in [0.15, 0.2) is 9.92 Å². The van der Waals surface area contributed by atoms with Gasteiger partial charge in [-0.3, -0.25) is 0 Å². The number of thioether (sulfide) groups is 1. The first-order chi connectivity index (χ1) is 12.2. The highest BCUT2D eigenvalue weighted by molar-refractivity contribution is 8.00. The van der Waals surface area contributed by atoms with Crippen LogP contribution in [0, 0.1) is 13.8 Å². The first-order valence-electron chi connectivity index (χ1n) is 7.82. The molecule has 0 radical (unpaired) electrons. The highest BCUT2D eigenvalue weighted by Gasteiger charge is 2.09. The van der Waals surface area contributed by atoms with Crippen molar-refractivity contribution in [1.82, 2.24) is 15.2 Å². The molecule has 0 amide bonds. The maximum absolute atomic E-state index is 5.73. The Bertz CT molecular complexity index is 992. The van der Waals surface area contributed by atoms with Gasteiger partial charge >= 0.3 is 0 Å². The van der Waals surface area contributed by atoms with Crippen molar-refractivity contribution in [2.24, 2.45) is 0 Å². The molecule has 2 aromatic heterocycles. The number of nitrogens with zero attached hydrogens (tertiary/aromatic N) is 3. The number of para-hydroxylation sites is 2. The van der Waals surface area contributed by atoms with Crippen LogP contribution in [0.2, 0.25) is 0 Å². The second kappa shape index (κ2) is 6.85. The zero-order chi connectivity index (χ0) is 17.2. The molecule has 0 atom stereocenters. The first kappa shape index (κ1) is 16.1. The Hall–Kier alpha value is -2.38. The van der Waals surface area contributed by atoms with E-state index in [9.17, 15) is 0 Å². The quantitative estimate of drug-likeness (QED) is 0.480. The van der Waals surface area contributed by atoms with E-state index in [-0.39, 0.29) is 0 Å². The van der Waals surface area contributed by atoms with E-state index < -0.39 is 0 Å². The third kappa shape index (κ3) is 3.67. The van der Waals surface area contributed by atoms with E-state index in [1.807, 2.05) is 24.3 Å². The predicted octanol–water partition coefficient (Wildman–Crippen LogP) is 5.33. The van der Waals surface area contributed by atoms with Gasteiger partial charge in [-0.15, -0.1) is 10.2 Å². The lowest BCUT2D eigenvalue weighted by Crippen LogP contribution is -1.91. The Kier molecular flexibility index (Phi) is 4.42. The molecule has 7 heteroatoms. The molecule has 2 heterocycles. The maximum Gasteiger partial charge on any atom is 0.210 e. The van der Waals surface area contributed by atoms with Crippen LogP contribution in [0.1, 0.15) is 17.0 Å². The number of benzene rings is 2. The van der Waals surface area contributed by atoms with Gasteiger partial charge in [-0.25, -0.2) is 4.98 Å². The van der Waals surface area contributed by atoms with Gasteiger partial charge in [-0.2, -0.15) is 0 Å². The summed E-state index contributed by atoms with van der Waals surface area (Å²) in [4.78, 5) is 4.47. The zero-order valence-electron chi connectivity index (χ0n) is 13.8. The Balaban J connectivity index is 1.41. The van der Waals surface area contributed by atoms with E-state index in [2.05, 4.69) is 52.5 Å². The van der Waals surface area contributed by atoms with Gasteiger partial charge in [0.1, 0.15) is 5.52 Å². The molecule has 4 rings (SSSR count). The molecule has 126 valence electrons. The Morgan fingerprint density at radius 2 is 1.96 bits per heavy atom. The topological polar surface area (TPSA) is 63.8 Å². The Morgan fingerprint density at radius 3 is 2.80 bits per heavy atom. The van der Waals surface area contributed by atoms with Crippen LogP contribution in [-0.2, 0) is 5.75 Å². The first-order valence-corrected chi connectivity index (χ1v) is 9.62. The van der Waals surface area contributed by atoms with Crippen LogP contribution in [0.5, 0.6) is 0 Å². The molecule has 0 aliphatic heterocycles. The average Bonchev–Trinajstić information content (AvgIpc) is 3.22. The molecule has 0 bridgehead atoms. The van der Waals surface area contributed by atoms with Gasteiger partial charge in [0.2, 0.25) is 11.0 Å². The summed E-state index contributed by atoms with van der Waals surface area (Å²) in [5.74, 6) is 1.33. The molecular formula is C18H16N4OS2. The number of fused-ring (bicyclic) bond motifs is 1. The number of oxazole rings is 1. The van der Waals surface area contributed by atoms with Crippen LogP contribution in [0.15, 0.2) is 51.2 Å². The fourth-order valence-corrected chi connectivity index (χ4v) is 3.98. The third-order valence-corrected chi connectivity index (χ3v) is 5.78. The van der Waals surface area contributed by atoms with Crippen LogP contribution in [0.25, 0.3) is 11.1 Å². The number of anilines is 2. The van der Waals surface area contributed by atoms with Gasteiger partial charge < -0.3 is 9.73 Å². The largest absolute Gasteiger partial charge is 0.440 e. The number of aryl methyl sites for hydroxylation is 2. The van der Waals surface area contributed by atoms with Crippen LogP contribution in [0.3, 0.4) is 0 Å². The third-order valence-electron chi connectivity index (χ3n) is 3.82. The number of hydrogen-bond acceptors (Lipinski definition) is 7. The van der Waals surface area contributed by atoms with Gasteiger partial charge in [0, 0.05) is 5.69 Å². The summed E-state index contributed by atoms with van der Waals surface area (Å²) >= 11 is 3.10. The summed E-state index contributed by atoms with van der Waals surface area (Å²) in [6, 6.07) is 14.0. The molecule has 0 saturated heterocycles. The van der Waals surface area contributed by atoms with Crippen LogP contribution in [0.4, 0.5) is 10.8 Å². The van der Waals surface area contributed by atoms with E-state index in [1.54, 1.807) is 11.8 Å². The molecule has 25 heavy (non-hydrogen) atoms. The second-order valence-corrected chi connectivity index (χ2v) is 7.86. The van der Waals surface area contributed by atoms with E-state index in [0.717, 1.165) is 26.3 Å². The standard InChI is InChI=1S/C18H16N4OS2/c1-11-7-8-13(9-12(11)2)19-17-21-22-18(25-17)24-10-16-20-14-5-3-4-6-15(14)23-16/h3-9H,10H2,1-2H3,(H,19,21). The number of hydrogen-bond donors (Lipinski definition) is 1. The lowest BCUT2D eigenvalue weighted by molar-refractivity contribution is 0.556. The minimum atomic E-state index is 0.632. The van der Waals surface area contributed by atoms with E-state index >= 15 is 0 Å².